The Labute approximate surface area is 115 Å². The van der Waals surface area contributed by atoms with E-state index < -0.39 is 0 Å². The minimum atomic E-state index is 0. The van der Waals surface area contributed by atoms with Crippen LogP contribution in [-0.4, -0.2) is 19.0 Å². The third-order valence-electron chi connectivity index (χ3n) is 3.22. The van der Waals surface area contributed by atoms with E-state index >= 15 is 0 Å². The molecule has 18 heavy (non-hydrogen) atoms. The number of carbonyl (C=O) groups is 1. The van der Waals surface area contributed by atoms with Crippen molar-refractivity contribution in [3.63, 3.8) is 0 Å². The van der Waals surface area contributed by atoms with Crippen LogP contribution < -0.4 is 10.6 Å². The molecule has 4 heteroatoms. The molecule has 100 valence electrons. The third-order valence-corrected chi connectivity index (χ3v) is 3.22. The molecule has 0 saturated carbocycles. The van der Waals surface area contributed by atoms with Crippen molar-refractivity contribution < 1.29 is 4.79 Å². The van der Waals surface area contributed by atoms with Crippen LogP contribution in [0.5, 0.6) is 0 Å². The van der Waals surface area contributed by atoms with Crippen LogP contribution in [0, 0.1) is 5.92 Å². The zero-order valence-electron chi connectivity index (χ0n) is 10.9. The van der Waals surface area contributed by atoms with Crippen molar-refractivity contribution in [3.05, 3.63) is 35.4 Å². The van der Waals surface area contributed by atoms with Crippen LogP contribution in [0.25, 0.3) is 0 Å². The van der Waals surface area contributed by atoms with Crippen LogP contribution in [0.4, 0.5) is 0 Å². The van der Waals surface area contributed by atoms with E-state index in [4.69, 9.17) is 0 Å². The first kappa shape index (κ1) is 15.0. The molecule has 0 radical (unpaired) electrons. The average Bonchev–Trinajstić information content (AvgIpc) is 2.35. The second kappa shape index (κ2) is 6.76. The van der Waals surface area contributed by atoms with Crippen LogP contribution >= 0.6 is 12.4 Å². The monoisotopic (exact) mass is 268 g/mol. The van der Waals surface area contributed by atoms with E-state index in [0.717, 1.165) is 13.0 Å². The maximum atomic E-state index is 11.6. The maximum Gasteiger partial charge on any atom is 0.222 e. The smallest absolute Gasteiger partial charge is 0.222 e. The molecule has 0 saturated heterocycles. The number of halogens is 1. The predicted molar refractivity (Wildman–Crippen MR) is 76.0 cm³/mol. The quantitative estimate of drug-likeness (QED) is 0.881. The molecule has 0 aliphatic carbocycles. The van der Waals surface area contributed by atoms with Gasteiger partial charge in [-0.05, 0) is 24.1 Å². The van der Waals surface area contributed by atoms with E-state index in [9.17, 15) is 4.79 Å². The predicted octanol–water partition coefficient (Wildman–Crippen LogP) is 2.07. The van der Waals surface area contributed by atoms with Crippen molar-refractivity contribution in [2.24, 2.45) is 5.92 Å². The molecule has 1 aliphatic heterocycles. The minimum Gasteiger partial charge on any atom is -0.354 e. The molecule has 0 bridgehead atoms. The first-order chi connectivity index (χ1) is 8.18. The highest BCUT2D eigenvalue weighted by Crippen LogP contribution is 2.21. The van der Waals surface area contributed by atoms with E-state index in [1.807, 2.05) is 13.8 Å². The largest absolute Gasteiger partial charge is 0.354 e. The van der Waals surface area contributed by atoms with Crippen LogP contribution in [0.3, 0.4) is 0 Å². The molecule has 2 N–H and O–H groups in total. The second-order valence-corrected chi connectivity index (χ2v) is 4.86. The number of fused-ring (bicyclic) bond motifs is 1. The summed E-state index contributed by atoms with van der Waals surface area (Å²) in [6, 6.07) is 8.71. The van der Waals surface area contributed by atoms with Crippen molar-refractivity contribution >= 4 is 18.3 Å². The Bertz CT molecular complexity index is 407. The molecule has 2 rings (SSSR count). The van der Waals surface area contributed by atoms with E-state index in [1.54, 1.807) is 0 Å². The standard InChI is InChI=1S/C14H20N2O.ClH/c1-10(2)14(17)16-9-13-12-6-4-3-5-11(12)7-8-15-13;/h3-6,10,13,15H,7-9H2,1-2H3,(H,16,17);1H. The van der Waals surface area contributed by atoms with Gasteiger partial charge < -0.3 is 10.6 Å². The lowest BCUT2D eigenvalue weighted by atomic mass is 9.94. The normalized spacial score (nSPS) is 17.8. The fourth-order valence-corrected chi connectivity index (χ4v) is 2.18. The lowest BCUT2D eigenvalue weighted by Crippen LogP contribution is -2.40. The summed E-state index contributed by atoms with van der Waals surface area (Å²) in [7, 11) is 0. The molecule has 1 atom stereocenters. The summed E-state index contributed by atoms with van der Waals surface area (Å²) in [4.78, 5) is 11.6. The van der Waals surface area contributed by atoms with Gasteiger partial charge in [0.1, 0.15) is 0 Å². The summed E-state index contributed by atoms with van der Waals surface area (Å²) in [5.74, 6) is 0.170. The lowest BCUT2D eigenvalue weighted by Gasteiger charge is -2.27. The van der Waals surface area contributed by atoms with Gasteiger partial charge in [-0.3, -0.25) is 4.79 Å². The number of carbonyl (C=O) groups excluding carboxylic acids is 1. The van der Waals surface area contributed by atoms with Crippen molar-refractivity contribution in [2.45, 2.75) is 26.3 Å². The topological polar surface area (TPSA) is 41.1 Å². The SMILES string of the molecule is CC(C)C(=O)NCC1NCCc2ccccc21.Cl. The van der Waals surface area contributed by atoms with Crippen molar-refractivity contribution in [1.29, 1.82) is 0 Å². The summed E-state index contributed by atoms with van der Waals surface area (Å²) < 4.78 is 0. The Morgan fingerprint density at radius 2 is 2.17 bits per heavy atom. The minimum absolute atomic E-state index is 0. The first-order valence-corrected chi connectivity index (χ1v) is 6.27. The van der Waals surface area contributed by atoms with Gasteiger partial charge in [0, 0.05) is 18.5 Å². The molecule has 0 fully saturated rings. The van der Waals surface area contributed by atoms with Gasteiger partial charge in [-0.2, -0.15) is 0 Å². The van der Waals surface area contributed by atoms with E-state index in [-0.39, 0.29) is 30.3 Å². The van der Waals surface area contributed by atoms with E-state index in [0.29, 0.717) is 6.54 Å². The summed E-state index contributed by atoms with van der Waals surface area (Å²) in [5.41, 5.74) is 2.72. The highest BCUT2D eigenvalue weighted by atomic mass is 35.5. The van der Waals surface area contributed by atoms with Gasteiger partial charge >= 0.3 is 0 Å². The average molecular weight is 269 g/mol. The van der Waals surface area contributed by atoms with Gasteiger partial charge in [0.05, 0.1) is 0 Å². The number of rotatable bonds is 3. The highest BCUT2D eigenvalue weighted by Gasteiger charge is 2.19. The Morgan fingerprint density at radius 3 is 2.89 bits per heavy atom. The number of hydrogen-bond donors (Lipinski definition) is 2. The molecule has 1 aliphatic rings. The van der Waals surface area contributed by atoms with Gasteiger partial charge in [0.25, 0.3) is 0 Å². The maximum absolute atomic E-state index is 11.6. The summed E-state index contributed by atoms with van der Waals surface area (Å²) in [5, 5.41) is 6.45. The van der Waals surface area contributed by atoms with Crippen LogP contribution in [-0.2, 0) is 11.2 Å². The van der Waals surface area contributed by atoms with Crippen molar-refractivity contribution in [3.8, 4) is 0 Å². The molecule has 1 amide bonds. The molecular formula is C14H21ClN2O. The summed E-state index contributed by atoms with van der Waals surface area (Å²) in [6.45, 7) is 5.49. The zero-order chi connectivity index (χ0) is 12.3. The first-order valence-electron chi connectivity index (χ1n) is 6.27. The summed E-state index contributed by atoms with van der Waals surface area (Å²) >= 11 is 0. The molecule has 0 spiro atoms. The molecule has 0 aromatic heterocycles. The number of hydrogen-bond acceptors (Lipinski definition) is 2. The van der Waals surface area contributed by atoms with Crippen LogP contribution in [0.1, 0.15) is 31.0 Å². The Morgan fingerprint density at radius 1 is 1.44 bits per heavy atom. The van der Waals surface area contributed by atoms with Gasteiger partial charge in [0.2, 0.25) is 5.91 Å². The van der Waals surface area contributed by atoms with Crippen molar-refractivity contribution in [2.75, 3.05) is 13.1 Å². The van der Waals surface area contributed by atoms with Gasteiger partial charge in [-0.25, -0.2) is 0 Å². The van der Waals surface area contributed by atoms with E-state index in [2.05, 4.69) is 34.9 Å². The Hall–Kier alpha value is -1.06. The van der Waals surface area contributed by atoms with Crippen LogP contribution in [0.2, 0.25) is 0 Å². The number of benzene rings is 1. The molecule has 1 aromatic carbocycles. The molecule has 3 nitrogen and oxygen atoms in total. The molecular weight excluding hydrogens is 248 g/mol. The summed E-state index contributed by atoms with van der Waals surface area (Å²) in [6.07, 6.45) is 1.07. The Kier molecular flexibility index (Phi) is 5.63. The molecule has 1 aromatic rings. The van der Waals surface area contributed by atoms with Gasteiger partial charge in [0.15, 0.2) is 0 Å². The number of amides is 1. The van der Waals surface area contributed by atoms with Crippen molar-refractivity contribution in [1.82, 2.24) is 10.6 Å². The fraction of sp³-hybridized carbons (Fsp3) is 0.500. The highest BCUT2D eigenvalue weighted by molar-refractivity contribution is 5.85. The fourth-order valence-electron chi connectivity index (χ4n) is 2.18. The third kappa shape index (κ3) is 3.47. The van der Waals surface area contributed by atoms with Gasteiger partial charge in [-0.15, -0.1) is 12.4 Å². The van der Waals surface area contributed by atoms with Gasteiger partial charge in [-0.1, -0.05) is 38.1 Å². The number of nitrogens with one attached hydrogen (secondary N) is 2. The Balaban J connectivity index is 0.00000162. The van der Waals surface area contributed by atoms with E-state index in [1.165, 1.54) is 11.1 Å². The molecule has 1 unspecified atom stereocenters. The molecule has 1 heterocycles. The lowest BCUT2D eigenvalue weighted by molar-refractivity contribution is -0.124. The second-order valence-electron chi connectivity index (χ2n) is 4.86. The van der Waals surface area contributed by atoms with Crippen LogP contribution in [0.15, 0.2) is 24.3 Å². The zero-order valence-corrected chi connectivity index (χ0v) is 11.7.